The summed E-state index contributed by atoms with van der Waals surface area (Å²) in [5.74, 6) is 2.77. The summed E-state index contributed by atoms with van der Waals surface area (Å²) >= 11 is 0. The van der Waals surface area contributed by atoms with E-state index in [9.17, 15) is 0 Å². The normalized spacial score (nSPS) is 27.7. The van der Waals surface area contributed by atoms with Gasteiger partial charge in [-0.25, -0.2) is 10.1 Å². The van der Waals surface area contributed by atoms with Crippen molar-refractivity contribution in [2.75, 3.05) is 19.4 Å². The van der Waals surface area contributed by atoms with Crippen molar-refractivity contribution in [3.05, 3.63) is 0 Å². The first kappa shape index (κ1) is 13.8. The molecule has 0 radical (unpaired) electrons. The highest BCUT2D eigenvalue weighted by molar-refractivity contribution is 5.57. The Morgan fingerprint density at radius 3 is 2.79 bits per heavy atom. The molecule has 6 nitrogen and oxygen atoms in total. The first-order valence-corrected chi connectivity index (χ1v) is 6.94. The lowest BCUT2D eigenvalue weighted by molar-refractivity contribution is 0.260. The lowest BCUT2D eigenvalue weighted by Crippen LogP contribution is -2.30. The van der Waals surface area contributed by atoms with E-state index in [0.29, 0.717) is 17.9 Å². The summed E-state index contributed by atoms with van der Waals surface area (Å²) in [6, 6.07) is 0.479. The lowest BCUT2D eigenvalue weighted by atomic mass is 9.79. The highest BCUT2D eigenvalue weighted by Gasteiger charge is 2.25. The first-order chi connectivity index (χ1) is 9.04. The minimum absolute atomic E-state index is 0.479. The Kier molecular flexibility index (Phi) is 4.39. The molecule has 3 atom stereocenters. The van der Waals surface area contributed by atoms with Gasteiger partial charge in [0, 0.05) is 20.1 Å². The molecule has 2 rings (SSSR count). The van der Waals surface area contributed by atoms with E-state index >= 15 is 0 Å². The van der Waals surface area contributed by atoms with E-state index in [-0.39, 0.29) is 0 Å². The number of hydrogen-bond acceptors (Lipinski definition) is 4. The molecular formula is C13H24N6. The van der Waals surface area contributed by atoms with Gasteiger partial charge in [-0.15, -0.1) is 5.10 Å². The molecule has 0 bridgehead atoms. The molecule has 1 saturated carbocycles. The zero-order valence-electron chi connectivity index (χ0n) is 12.2. The van der Waals surface area contributed by atoms with Crippen molar-refractivity contribution in [1.82, 2.24) is 20.1 Å². The molecule has 0 amide bonds. The van der Waals surface area contributed by atoms with Crippen molar-refractivity contribution in [3.63, 3.8) is 0 Å². The van der Waals surface area contributed by atoms with Gasteiger partial charge in [0.1, 0.15) is 0 Å². The van der Waals surface area contributed by atoms with Crippen LogP contribution in [0.4, 0.5) is 11.9 Å². The number of rotatable bonds is 4. The van der Waals surface area contributed by atoms with Crippen LogP contribution in [0.5, 0.6) is 0 Å². The van der Waals surface area contributed by atoms with E-state index in [1.807, 2.05) is 19.0 Å². The molecule has 1 aliphatic carbocycles. The highest BCUT2D eigenvalue weighted by atomic mass is 15.3. The molecule has 0 saturated heterocycles. The second-order valence-corrected chi connectivity index (χ2v) is 5.80. The molecule has 1 aromatic rings. The molecule has 106 valence electrons. The van der Waals surface area contributed by atoms with Gasteiger partial charge in [-0.05, 0) is 31.1 Å². The third kappa shape index (κ3) is 3.94. The van der Waals surface area contributed by atoms with Gasteiger partial charge in [-0.1, -0.05) is 13.8 Å². The number of nitrogens with zero attached hydrogens (tertiary/aromatic N) is 4. The summed E-state index contributed by atoms with van der Waals surface area (Å²) in [6.07, 6.45) is 5.35. The van der Waals surface area contributed by atoms with Gasteiger partial charge < -0.3 is 10.2 Å². The maximum absolute atomic E-state index is 4.32. The van der Waals surface area contributed by atoms with Gasteiger partial charge in [0.25, 0.3) is 0 Å². The Bertz CT molecular complexity index is 425. The van der Waals surface area contributed by atoms with Crippen LogP contribution in [-0.2, 0) is 0 Å². The maximum Gasteiger partial charge on any atom is 0.248 e. The van der Waals surface area contributed by atoms with E-state index < -0.39 is 0 Å². The SMILES string of the molecule is C[C@@H]1CC[C@H](Nc2n[nH]c(N=CN(C)C)n2)C[C@@H]1C. The molecule has 0 spiro atoms. The molecule has 6 heteroatoms. The Balaban J connectivity index is 1.89. The third-order valence-electron chi connectivity index (χ3n) is 3.82. The Hall–Kier alpha value is -1.59. The second-order valence-electron chi connectivity index (χ2n) is 5.80. The van der Waals surface area contributed by atoms with Gasteiger partial charge in [0.2, 0.25) is 11.9 Å². The van der Waals surface area contributed by atoms with Crippen LogP contribution in [0.2, 0.25) is 0 Å². The molecule has 2 N–H and O–H groups in total. The predicted octanol–water partition coefficient (Wildman–Crippen LogP) is 2.26. The zero-order chi connectivity index (χ0) is 13.8. The van der Waals surface area contributed by atoms with Crippen LogP contribution in [0.15, 0.2) is 4.99 Å². The van der Waals surface area contributed by atoms with Crippen molar-refractivity contribution in [2.24, 2.45) is 16.8 Å². The maximum atomic E-state index is 4.32. The van der Waals surface area contributed by atoms with Crippen molar-refractivity contribution >= 4 is 18.2 Å². The van der Waals surface area contributed by atoms with Crippen LogP contribution in [0.3, 0.4) is 0 Å². The summed E-state index contributed by atoms with van der Waals surface area (Å²) < 4.78 is 0. The van der Waals surface area contributed by atoms with Crippen LogP contribution in [0, 0.1) is 11.8 Å². The van der Waals surface area contributed by atoms with Crippen molar-refractivity contribution in [3.8, 4) is 0 Å². The third-order valence-corrected chi connectivity index (χ3v) is 3.82. The fourth-order valence-corrected chi connectivity index (χ4v) is 2.41. The molecule has 0 unspecified atom stereocenters. The van der Waals surface area contributed by atoms with Crippen molar-refractivity contribution in [2.45, 2.75) is 39.2 Å². The standard InChI is InChI=1S/C13H24N6/c1-9-5-6-11(7-10(9)2)15-13-16-12(17-18-13)14-8-19(3)4/h8-11H,5-7H2,1-4H3,(H2,15,16,17,18)/t9-,10+,11+/m1/s1. The number of hydrogen-bond donors (Lipinski definition) is 2. The summed E-state index contributed by atoms with van der Waals surface area (Å²) in [5, 5.41) is 10.4. The van der Waals surface area contributed by atoms with Crippen LogP contribution in [-0.4, -0.2) is 46.6 Å². The number of H-pyrrole nitrogens is 1. The summed E-state index contributed by atoms with van der Waals surface area (Å²) in [6.45, 7) is 4.66. The lowest BCUT2D eigenvalue weighted by Gasteiger charge is -2.32. The minimum Gasteiger partial charge on any atom is -0.369 e. The number of nitrogens with one attached hydrogen (secondary N) is 2. The minimum atomic E-state index is 0.479. The fraction of sp³-hybridized carbons (Fsp3) is 0.769. The predicted molar refractivity (Wildman–Crippen MR) is 77.8 cm³/mol. The van der Waals surface area contributed by atoms with E-state index in [1.165, 1.54) is 19.3 Å². The van der Waals surface area contributed by atoms with Crippen LogP contribution in [0.1, 0.15) is 33.1 Å². The summed E-state index contributed by atoms with van der Waals surface area (Å²) in [7, 11) is 3.84. The smallest absolute Gasteiger partial charge is 0.248 e. The van der Waals surface area contributed by atoms with E-state index in [1.54, 1.807) is 6.34 Å². The van der Waals surface area contributed by atoms with Crippen molar-refractivity contribution < 1.29 is 0 Å². The quantitative estimate of drug-likeness (QED) is 0.646. The molecular weight excluding hydrogens is 240 g/mol. The molecule has 1 heterocycles. The van der Waals surface area contributed by atoms with Gasteiger partial charge in [0.15, 0.2) is 0 Å². The molecule has 0 aromatic carbocycles. The molecule has 1 aliphatic rings. The fourth-order valence-electron chi connectivity index (χ4n) is 2.41. The van der Waals surface area contributed by atoms with E-state index in [4.69, 9.17) is 0 Å². The van der Waals surface area contributed by atoms with Crippen LogP contribution >= 0.6 is 0 Å². The molecule has 1 aromatic heterocycles. The van der Waals surface area contributed by atoms with E-state index in [2.05, 4.69) is 39.3 Å². The average Bonchev–Trinajstić information content (AvgIpc) is 2.79. The second kappa shape index (κ2) is 6.04. The van der Waals surface area contributed by atoms with Crippen molar-refractivity contribution in [1.29, 1.82) is 0 Å². The highest BCUT2D eigenvalue weighted by Crippen LogP contribution is 2.30. The Labute approximate surface area is 114 Å². The largest absolute Gasteiger partial charge is 0.369 e. The van der Waals surface area contributed by atoms with Crippen LogP contribution < -0.4 is 5.32 Å². The summed E-state index contributed by atoms with van der Waals surface area (Å²) in [5.41, 5.74) is 0. The number of aromatic amines is 1. The monoisotopic (exact) mass is 264 g/mol. The summed E-state index contributed by atoms with van der Waals surface area (Å²) in [4.78, 5) is 10.4. The number of aromatic nitrogens is 3. The average molecular weight is 264 g/mol. The van der Waals surface area contributed by atoms with Gasteiger partial charge in [-0.2, -0.15) is 4.98 Å². The van der Waals surface area contributed by atoms with Gasteiger partial charge in [0.05, 0.1) is 6.34 Å². The number of anilines is 1. The topological polar surface area (TPSA) is 69.2 Å². The number of aliphatic imine (C=N–C) groups is 1. The Morgan fingerprint density at radius 2 is 2.11 bits per heavy atom. The van der Waals surface area contributed by atoms with Crippen LogP contribution in [0.25, 0.3) is 0 Å². The molecule has 0 aliphatic heterocycles. The van der Waals surface area contributed by atoms with Gasteiger partial charge in [-0.3, -0.25) is 0 Å². The zero-order valence-corrected chi connectivity index (χ0v) is 12.2. The first-order valence-electron chi connectivity index (χ1n) is 6.94. The van der Waals surface area contributed by atoms with E-state index in [0.717, 1.165) is 11.8 Å². The molecule has 1 fully saturated rings. The molecule has 19 heavy (non-hydrogen) atoms. The Morgan fingerprint density at radius 1 is 1.32 bits per heavy atom. The van der Waals surface area contributed by atoms with Gasteiger partial charge >= 0.3 is 0 Å².